The highest BCUT2D eigenvalue weighted by Crippen LogP contribution is 2.31. The van der Waals surface area contributed by atoms with Gasteiger partial charge in [0.2, 0.25) is 17.1 Å². The molecule has 0 atom stereocenters. The molecule has 1 aliphatic rings. The minimum absolute atomic E-state index is 0.128. The molecule has 9 nitrogen and oxygen atoms in total. The van der Waals surface area contributed by atoms with Crippen molar-refractivity contribution in [3.8, 4) is 0 Å². The molecule has 4 N–H and O–H groups in total. The van der Waals surface area contributed by atoms with E-state index in [4.69, 9.17) is 11.5 Å². The number of thioether (sulfide) groups is 1. The Bertz CT molecular complexity index is 572. The molecule has 0 radical (unpaired) electrons. The maximum atomic E-state index is 5.54. The Balaban J connectivity index is 1.70. The van der Waals surface area contributed by atoms with Gasteiger partial charge in [-0.3, -0.25) is 0 Å². The number of hydrogen-bond donors (Lipinski definition) is 2. The van der Waals surface area contributed by atoms with E-state index in [0.717, 1.165) is 18.0 Å². The molecule has 0 bridgehead atoms. The summed E-state index contributed by atoms with van der Waals surface area (Å²) in [5.41, 5.74) is 11.1. The van der Waals surface area contributed by atoms with Gasteiger partial charge in [-0.2, -0.15) is 15.0 Å². The number of aromatic nitrogens is 7. The first-order chi connectivity index (χ1) is 9.72. The summed E-state index contributed by atoms with van der Waals surface area (Å²) >= 11 is 1.47. The van der Waals surface area contributed by atoms with E-state index >= 15 is 0 Å². The molecule has 0 spiro atoms. The zero-order valence-corrected chi connectivity index (χ0v) is 11.6. The van der Waals surface area contributed by atoms with Gasteiger partial charge in [-0.1, -0.05) is 24.6 Å². The topological polar surface area (TPSA) is 134 Å². The van der Waals surface area contributed by atoms with Gasteiger partial charge in [-0.25, -0.2) is 4.68 Å². The van der Waals surface area contributed by atoms with Gasteiger partial charge in [0.05, 0.1) is 11.8 Å². The molecular formula is C10H15N9S. The van der Waals surface area contributed by atoms with Gasteiger partial charge in [0, 0.05) is 0 Å². The smallest absolute Gasteiger partial charge is 0.225 e. The molecule has 3 rings (SSSR count). The summed E-state index contributed by atoms with van der Waals surface area (Å²) in [7, 11) is 0. The van der Waals surface area contributed by atoms with E-state index in [9.17, 15) is 0 Å². The lowest BCUT2D eigenvalue weighted by Crippen LogP contribution is -2.09. The molecule has 0 aliphatic heterocycles. The summed E-state index contributed by atoms with van der Waals surface area (Å²) in [6.45, 7) is 0. The standard InChI is InChI=1S/C10H15N9S/c11-8-13-7(14-9(12)15-8)5-20-10-16-17-18-19(10)6-3-1-2-4-6/h6H,1-5H2,(H4,11,12,13,14,15). The van der Waals surface area contributed by atoms with Gasteiger partial charge in [0.1, 0.15) is 5.82 Å². The van der Waals surface area contributed by atoms with Gasteiger partial charge in [0.15, 0.2) is 0 Å². The highest BCUT2D eigenvalue weighted by atomic mass is 32.2. The van der Waals surface area contributed by atoms with Gasteiger partial charge >= 0.3 is 0 Å². The Morgan fingerprint density at radius 2 is 1.80 bits per heavy atom. The van der Waals surface area contributed by atoms with Crippen LogP contribution in [-0.2, 0) is 5.75 Å². The van der Waals surface area contributed by atoms with Crippen molar-refractivity contribution >= 4 is 23.7 Å². The molecule has 1 saturated carbocycles. The van der Waals surface area contributed by atoms with Crippen LogP contribution in [0.3, 0.4) is 0 Å². The second-order valence-corrected chi connectivity index (χ2v) is 5.54. The zero-order valence-electron chi connectivity index (χ0n) is 10.8. The van der Waals surface area contributed by atoms with Crippen molar-refractivity contribution in [2.24, 2.45) is 0 Å². The monoisotopic (exact) mass is 293 g/mol. The van der Waals surface area contributed by atoms with Crippen LogP contribution >= 0.6 is 11.8 Å². The Labute approximate surface area is 119 Å². The number of nitrogens with zero attached hydrogens (tertiary/aromatic N) is 7. The van der Waals surface area contributed by atoms with Crippen molar-refractivity contribution < 1.29 is 0 Å². The van der Waals surface area contributed by atoms with Crippen molar-refractivity contribution in [3.05, 3.63) is 5.82 Å². The minimum Gasteiger partial charge on any atom is -0.368 e. The molecule has 2 heterocycles. The quantitative estimate of drug-likeness (QED) is 0.769. The molecule has 1 fully saturated rings. The number of rotatable bonds is 4. The van der Waals surface area contributed by atoms with Crippen LogP contribution in [0, 0.1) is 0 Å². The predicted molar refractivity (Wildman–Crippen MR) is 73.5 cm³/mol. The first-order valence-electron chi connectivity index (χ1n) is 6.39. The first kappa shape index (κ1) is 13.0. The molecule has 10 heteroatoms. The second-order valence-electron chi connectivity index (χ2n) is 4.60. The van der Waals surface area contributed by atoms with E-state index < -0.39 is 0 Å². The van der Waals surface area contributed by atoms with Crippen LogP contribution in [0.1, 0.15) is 37.5 Å². The molecule has 0 saturated heterocycles. The molecule has 106 valence electrons. The van der Waals surface area contributed by atoms with E-state index in [-0.39, 0.29) is 11.9 Å². The van der Waals surface area contributed by atoms with Crippen molar-refractivity contribution in [2.45, 2.75) is 42.6 Å². The van der Waals surface area contributed by atoms with Crippen LogP contribution in [0.15, 0.2) is 5.16 Å². The van der Waals surface area contributed by atoms with E-state index in [2.05, 4.69) is 30.5 Å². The van der Waals surface area contributed by atoms with Crippen molar-refractivity contribution in [3.63, 3.8) is 0 Å². The molecule has 0 aromatic carbocycles. The molecule has 20 heavy (non-hydrogen) atoms. The Morgan fingerprint density at radius 3 is 2.50 bits per heavy atom. The lowest BCUT2D eigenvalue weighted by Gasteiger charge is -2.10. The van der Waals surface area contributed by atoms with Gasteiger partial charge in [0.25, 0.3) is 0 Å². The molecule has 1 aliphatic carbocycles. The Hall–Kier alpha value is -1.97. The number of nitrogens with two attached hydrogens (primary N) is 2. The van der Waals surface area contributed by atoms with Crippen molar-refractivity contribution in [1.29, 1.82) is 0 Å². The fourth-order valence-corrected chi connectivity index (χ4v) is 3.11. The van der Waals surface area contributed by atoms with Crippen molar-refractivity contribution in [1.82, 2.24) is 35.2 Å². The number of tetrazole rings is 1. The fourth-order valence-electron chi connectivity index (χ4n) is 2.31. The van der Waals surface area contributed by atoms with Crippen molar-refractivity contribution in [2.75, 3.05) is 11.5 Å². The van der Waals surface area contributed by atoms with Crippen LogP contribution in [0.4, 0.5) is 11.9 Å². The van der Waals surface area contributed by atoms with E-state index in [1.54, 1.807) is 0 Å². The third-order valence-corrected chi connectivity index (χ3v) is 4.11. The summed E-state index contributed by atoms with van der Waals surface area (Å²) in [4.78, 5) is 11.8. The first-order valence-corrected chi connectivity index (χ1v) is 7.37. The van der Waals surface area contributed by atoms with Crippen LogP contribution in [0.2, 0.25) is 0 Å². The van der Waals surface area contributed by atoms with E-state index in [1.807, 2.05) is 4.68 Å². The number of nitrogen functional groups attached to an aromatic ring is 2. The Morgan fingerprint density at radius 1 is 1.10 bits per heavy atom. The molecule has 2 aromatic rings. The van der Waals surface area contributed by atoms with Crippen LogP contribution in [0.5, 0.6) is 0 Å². The van der Waals surface area contributed by atoms with Crippen LogP contribution < -0.4 is 11.5 Å². The summed E-state index contributed by atoms with van der Waals surface area (Å²) in [6.07, 6.45) is 4.72. The Kier molecular flexibility index (Phi) is 3.63. The maximum Gasteiger partial charge on any atom is 0.225 e. The summed E-state index contributed by atoms with van der Waals surface area (Å²) in [6, 6.07) is 0.404. The second kappa shape index (κ2) is 5.57. The fraction of sp³-hybridized carbons (Fsp3) is 0.600. The van der Waals surface area contributed by atoms with Gasteiger partial charge in [-0.15, -0.1) is 5.10 Å². The van der Waals surface area contributed by atoms with E-state index in [0.29, 0.717) is 17.6 Å². The zero-order chi connectivity index (χ0) is 13.9. The predicted octanol–water partition coefficient (Wildman–Crippen LogP) is 0.430. The number of anilines is 2. The summed E-state index contributed by atoms with van der Waals surface area (Å²) in [5.74, 6) is 1.29. The lowest BCUT2D eigenvalue weighted by molar-refractivity contribution is 0.423. The normalized spacial score (nSPS) is 15.8. The SMILES string of the molecule is Nc1nc(N)nc(CSc2nnnn2C2CCCC2)n1. The molecule has 0 amide bonds. The summed E-state index contributed by atoms with van der Waals surface area (Å²) < 4.78 is 1.89. The highest BCUT2D eigenvalue weighted by Gasteiger charge is 2.21. The third-order valence-electron chi connectivity index (χ3n) is 3.18. The maximum absolute atomic E-state index is 5.54. The minimum atomic E-state index is 0.128. The highest BCUT2D eigenvalue weighted by molar-refractivity contribution is 7.98. The molecule has 0 unspecified atom stereocenters. The third kappa shape index (κ3) is 2.79. The van der Waals surface area contributed by atoms with Crippen LogP contribution in [-0.4, -0.2) is 35.2 Å². The van der Waals surface area contributed by atoms with Crippen LogP contribution in [0.25, 0.3) is 0 Å². The molecular weight excluding hydrogens is 278 g/mol. The summed E-state index contributed by atoms with van der Waals surface area (Å²) in [5, 5.41) is 12.7. The van der Waals surface area contributed by atoms with Gasteiger partial charge in [-0.05, 0) is 23.3 Å². The average Bonchev–Trinajstić information content (AvgIpc) is 3.06. The van der Waals surface area contributed by atoms with Gasteiger partial charge < -0.3 is 11.5 Å². The lowest BCUT2D eigenvalue weighted by atomic mass is 10.3. The number of hydrogen-bond acceptors (Lipinski definition) is 9. The average molecular weight is 293 g/mol. The van der Waals surface area contributed by atoms with E-state index in [1.165, 1.54) is 24.6 Å². The molecule has 2 aromatic heterocycles. The largest absolute Gasteiger partial charge is 0.368 e.